The van der Waals surface area contributed by atoms with E-state index < -0.39 is 11.9 Å². The van der Waals surface area contributed by atoms with Crippen LogP contribution in [0.15, 0.2) is 52.6 Å². The molecular weight excluding hydrogens is 502 g/mol. The van der Waals surface area contributed by atoms with Gasteiger partial charge >= 0.3 is 5.97 Å². The predicted octanol–water partition coefficient (Wildman–Crippen LogP) is 5.90. The highest BCUT2D eigenvalue weighted by molar-refractivity contribution is 9.10. The van der Waals surface area contributed by atoms with Gasteiger partial charge in [-0.3, -0.25) is 4.79 Å². The molecule has 0 saturated heterocycles. The van der Waals surface area contributed by atoms with E-state index in [-0.39, 0.29) is 12.2 Å². The highest BCUT2D eigenvalue weighted by Gasteiger charge is 2.27. The van der Waals surface area contributed by atoms with Gasteiger partial charge in [0.1, 0.15) is 16.6 Å². The molecule has 33 heavy (non-hydrogen) atoms. The summed E-state index contributed by atoms with van der Waals surface area (Å²) in [6.07, 6.45) is 7.14. The van der Waals surface area contributed by atoms with Gasteiger partial charge in [-0.05, 0) is 80.6 Å². The second-order valence-corrected chi connectivity index (χ2v) is 9.56. The molecule has 0 bridgehead atoms. The second kappa shape index (κ2) is 10.2. The van der Waals surface area contributed by atoms with Gasteiger partial charge < -0.3 is 14.6 Å². The lowest BCUT2D eigenvalue weighted by molar-refractivity contribution is -0.112. The van der Waals surface area contributed by atoms with Gasteiger partial charge in [-0.25, -0.2) is 4.79 Å². The quantitative estimate of drug-likeness (QED) is 0.247. The van der Waals surface area contributed by atoms with Crippen LogP contribution in [0.3, 0.4) is 0 Å². The molecule has 0 aliphatic heterocycles. The van der Waals surface area contributed by atoms with E-state index in [1.54, 1.807) is 13.0 Å². The van der Waals surface area contributed by atoms with Crippen LogP contribution in [0, 0.1) is 11.3 Å². The summed E-state index contributed by atoms with van der Waals surface area (Å²) >= 11 is 4.83. The van der Waals surface area contributed by atoms with Crippen molar-refractivity contribution in [1.82, 2.24) is 4.57 Å². The molecular formula is C25H22BrN3O3S. The zero-order valence-electron chi connectivity index (χ0n) is 18.1. The van der Waals surface area contributed by atoms with E-state index in [2.05, 4.69) is 21.2 Å². The lowest BCUT2D eigenvalue weighted by Crippen LogP contribution is -2.17. The van der Waals surface area contributed by atoms with E-state index in [9.17, 15) is 14.9 Å². The number of hydrogen-bond acceptors (Lipinski definition) is 5. The van der Waals surface area contributed by atoms with Crippen LogP contribution in [0.5, 0.6) is 0 Å². The van der Waals surface area contributed by atoms with E-state index in [1.165, 1.54) is 11.3 Å². The first-order valence-electron chi connectivity index (χ1n) is 10.7. The van der Waals surface area contributed by atoms with Crippen LogP contribution < -0.4 is 5.32 Å². The van der Waals surface area contributed by atoms with Gasteiger partial charge in [0.25, 0.3) is 5.91 Å². The maximum atomic E-state index is 13.0. The van der Waals surface area contributed by atoms with Crippen LogP contribution in [0.25, 0.3) is 11.8 Å². The van der Waals surface area contributed by atoms with Crippen molar-refractivity contribution >= 4 is 50.2 Å². The highest BCUT2D eigenvalue weighted by atomic mass is 79.9. The molecule has 0 saturated carbocycles. The van der Waals surface area contributed by atoms with Crippen molar-refractivity contribution in [3.63, 3.8) is 0 Å². The maximum absolute atomic E-state index is 13.0. The molecule has 1 aliphatic rings. The Morgan fingerprint density at radius 3 is 2.73 bits per heavy atom. The Morgan fingerprint density at radius 2 is 2.00 bits per heavy atom. The number of ether oxygens (including phenoxy) is 1. The number of nitriles is 1. The number of thiophene rings is 1. The second-order valence-electron chi connectivity index (χ2n) is 7.54. The van der Waals surface area contributed by atoms with Crippen LogP contribution in [0.4, 0.5) is 5.00 Å². The van der Waals surface area contributed by atoms with Crippen molar-refractivity contribution in [2.75, 3.05) is 11.9 Å². The molecule has 0 radical (unpaired) electrons. The number of esters is 1. The molecule has 0 fully saturated rings. The molecule has 3 aromatic rings. The normalized spacial score (nSPS) is 13.2. The van der Waals surface area contributed by atoms with E-state index in [0.29, 0.717) is 16.3 Å². The average Bonchev–Trinajstić information content (AvgIpc) is 3.42. The highest BCUT2D eigenvalue weighted by Crippen LogP contribution is 2.38. The lowest BCUT2D eigenvalue weighted by Gasteiger charge is -2.12. The number of hydrogen-bond donors (Lipinski definition) is 1. The molecule has 6 nitrogen and oxygen atoms in total. The number of aromatic nitrogens is 1. The molecule has 4 rings (SSSR count). The summed E-state index contributed by atoms with van der Waals surface area (Å²) in [6.45, 7) is 2.01. The number of anilines is 1. The Bertz CT molecular complexity index is 1270. The lowest BCUT2D eigenvalue weighted by atomic mass is 9.95. The third kappa shape index (κ3) is 4.95. The average molecular weight is 524 g/mol. The fourth-order valence-electron chi connectivity index (χ4n) is 3.89. The standard InChI is InChI=1S/C25H22BrN3O3S/c1-2-32-25(31)22-20-7-3-4-8-21(20)33-24(22)28-23(30)16(15-27)14-19-6-5-13-29(19)18-11-9-17(26)10-12-18/h5-6,9-14H,2-4,7-8H2,1H3,(H,28,30). The van der Waals surface area contributed by atoms with Crippen molar-refractivity contribution in [2.24, 2.45) is 0 Å². The molecule has 0 spiro atoms. The van der Waals surface area contributed by atoms with Crippen molar-refractivity contribution in [3.05, 3.63) is 74.3 Å². The largest absolute Gasteiger partial charge is 0.462 e. The van der Waals surface area contributed by atoms with E-state index >= 15 is 0 Å². The number of amides is 1. The fraction of sp³-hybridized carbons (Fsp3) is 0.240. The molecule has 0 atom stereocenters. The smallest absolute Gasteiger partial charge is 0.341 e. The molecule has 1 N–H and O–H groups in total. The Balaban J connectivity index is 1.64. The molecule has 1 amide bonds. The number of rotatable bonds is 6. The summed E-state index contributed by atoms with van der Waals surface area (Å²) in [5.41, 5.74) is 2.95. The Kier molecular flexibility index (Phi) is 7.11. The minimum absolute atomic E-state index is 0.0479. The predicted molar refractivity (Wildman–Crippen MR) is 133 cm³/mol. The van der Waals surface area contributed by atoms with Crippen LogP contribution >= 0.6 is 27.3 Å². The molecule has 168 valence electrons. The fourth-order valence-corrected chi connectivity index (χ4v) is 5.43. The summed E-state index contributed by atoms with van der Waals surface area (Å²) < 4.78 is 8.11. The Hall–Kier alpha value is -3.15. The Morgan fingerprint density at radius 1 is 1.24 bits per heavy atom. The van der Waals surface area contributed by atoms with Crippen molar-refractivity contribution in [1.29, 1.82) is 5.26 Å². The van der Waals surface area contributed by atoms with Crippen LogP contribution in [0.1, 0.15) is 46.3 Å². The number of nitrogens with zero attached hydrogens (tertiary/aromatic N) is 2. The molecule has 0 unspecified atom stereocenters. The number of halogens is 1. The first-order chi connectivity index (χ1) is 16.0. The topological polar surface area (TPSA) is 84.1 Å². The summed E-state index contributed by atoms with van der Waals surface area (Å²) in [7, 11) is 0. The Labute approximate surface area is 204 Å². The molecule has 1 aliphatic carbocycles. The number of nitrogens with one attached hydrogen (secondary N) is 1. The van der Waals surface area contributed by atoms with Gasteiger partial charge in [0.05, 0.1) is 12.2 Å². The molecule has 1 aromatic carbocycles. The van der Waals surface area contributed by atoms with E-state index in [0.717, 1.165) is 46.3 Å². The van der Waals surface area contributed by atoms with E-state index in [1.807, 2.05) is 53.2 Å². The number of benzene rings is 1. The van der Waals surface area contributed by atoms with Crippen molar-refractivity contribution in [3.8, 4) is 11.8 Å². The van der Waals surface area contributed by atoms with E-state index in [4.69, 9.17) is 4.74 Å². The first kappa shape index (κ1) is 23.0. The van der Waals surface area contributed by atoms with Crippen LogP contribution in [-0.2, 0) is 22.4 Å². The zero-order chi connectivity index (χ0) is 23.4. The third-order valence-corrected chi connectivity index (χ3v) is 7.16. The van der Waals surface area contributed by atoms with Gasteiger partial charge in [0.2, 0.25) is 0 Å². The van der Waals surface area contributed by atoms with Crippen LogP contribution in [0.2, 0.25) is 0 Å². The summed E-state index contributed by atoms with van der Waals surface area (Å²) in [5.74, 6) is -0.982. The third-order valence-electron chi connectivity index (χ3n) is 5.42. The molecule has 2 heterocycles. The summed E-state index contributed by atoms with van der Waals surface area (Å²) in [5, 5.41) is 13.0. The first-order valence-corrected chi connectivity index (χ1v) is 12.3. The van der Waals surface area contributed by atoms with Gasteiger partial charge in [0.15, 0.2) is 0 Å². The van der Waals surface area contributed by atoms with Crippen LogP contribution in [-0.4, -0.2) is 23.1 Å². The number of carbonyl (C=O) groups excluding carboxylic acids is 2. The van der Waals surface area contributed by atoms with Gasteiger partial charge in [-0.15, -0.1) is 11.3 Å². The van der Waals surface area contributed by atoms with Gasteiger partial charge in [0, 0.05) is 26.9 Å². The SMILES string of the molecule is CCOC(=O)c1c(NC(=O)C(C#N)=Cc2cccn2-c2ccc(Br)cc2)sc2c1CCCC2. The molecule has 8 heteroatoms. The molecule has 2 aromatic heterocycles. The van der Waals surface area contributed by atoms with Crippen molar-refractivity contribution < 1.29 is 14.3 Å². The van der Waals surface area contributed by atoms with Gasteiger partial charge in [-0.1, -0.05) is 15.9 Å². The van der Waals surface area contributed by atoms with Crippen molar-refractivity contribution in [2.45, 2.75) is 32.6 Å². The monoisotopic (exact) mass is 523 g/mol. The minimum Gasteiger partial charge on any atom is -0.462 e. The minimum atomic E-state index is -0.551. The number of aryl methyl sites for hydroxylation is 1. The summed E-state index contributed by atoms with van der Waals surface area (Å²) in [4.78, 5) is 26.8. The number of fused-ring (bicyclic) bond motifs is 1. The van der Waals surface area contributed by atoms with Gasteiger partial charge in [-0.2, -0.15) is 5.26 Å². The summed E-state index contributed by atoms with van der Waals surface area (Å²) in [6, 6.07) is 13.4. The number of carbonyl (C=O) groups is 2. The zero-order valence-corrected chi connectivity index (χ0v) is 20.5. The maximum Gasteiger partial charge on any atom is 0.341 e.